The molecule has 192 valence electrons. The molecule has 1 N–H and O–H groups in total. The van der Waals surface area contributed by atoms with Crippen molar-refractivity contribution in [3.8, 4) is 33.7 Å². The number of aromatic hydroxyl groups is 1. The molecule has 2 aromatic carbocycles. The van der Waals surface area contributed by atoms with E-state index in [1.165, 1.54) is 34.5 Å². The molecule has 1 aliphatic heterocycles. The molecule has 2 atom stereocenters. The Labute approximate surface area is 215 Å². The second-order valence-corrected chi connectivity index (χ2v) is 9.65. The van der Waals surface area contributed by atoms with E-state index in [0.717, 1.165) is 0 Å². The van der Waals surface area contributed by atoms with Crippen LogP contribution in [-0.2, 0) is 14.3 Å². The predicted molar refractivity (Wildman–Crippen MR) is 131 cm³/mol. The molecule has 1 saturated heterocycles. The number of anilines is 1. The van der Waals surface area contributed by atoms with Crippen molar-refractivity contribution in [3.63, 3.8) is 0 Å². The van der Waals surface area contributed by atoms with E-state index in [1.807, 2.05) is 0 Å². The number of rotatable bonds is 12. The van der Waals surface area contributed by atoms with Gasteiger partial charge in [0, 0.05) is 0 Å². The number of nitriles is 1. The van der Waals surface area contributed by atoms with E-state index in [-0.39, 0.29) is 39.6 Å². The number of hydrogen-bond acceptors (Lipinski definition) is 9. The Morgan fingerprint density at radius 2 is 1.72 bits per heavy atom. The molecule has 0 aliphatic carbocycles. The van der Waals surface area contributed by atoms with Crippen molar-refractivity contribution in [2.75, 3.05) is 39.9 Å². The number of phenols is 1. The number of carbonyl (C=O) groups excluding carboxylic acids is 2. The van der Waals surface area contributed by atoms with Crippen molar-refractivity contribution in [3.05, 3.63) is 35.9 Å². The summed E-state index contributed by atoms with van der Waals surface area (Å²) in [5.74, 6) is 0.0294. The summed E-state index contributed by atoms with van der Waals surface area (Å²) in [6, 6.07) is 7.68. The number of β-lactam (4-membered cyclic amide) rings is 1. The molecule has 0 bridgehead atoms. The summed E-state index contributed by atoms with van der Waals surface area (Å²) in [5.41, 5.74) is 1.13. The zero-order chi connectivity index (χ0) is 26.2. The van der Waals surface area contributed by atoms with Crippen molar-refractivity contribution in [2.24, 2.45) is 5.92 Å². The molecule has 11 heteroatoms. The van der Waals surface area contributed by atoms with E-state index in [9.17, 15) is 14.7 Å². The van der Waals surface area contributed by atoms with Gasteiger partial charge in [0.25, 0.3) is 0 Å². The average molecular weight is 563 g/mol. The summed E-state index contributed by atoms with van der Waals surface area (Å²) < 4.78 is 26.8. The molecule has 1 heterocycles. The molecular formula is C25H28N2O8Se. The molecule has 0 spiro atoms. The number of phenolic OH excluding ortho intramolecular Hbond substituents is 1. The minimum absolute atomic E-state index is 0.0747. The zero-order valence-corrected chi connectivity index (χ0v) is 22.2. The third kappa shape index (κ3) is 5.61. The first-order valence-electron chi connectivity index (χ1n) is 11.1. The Bertz CT molecular complexity index is 1120. The second-order valence-electron chi connectivity index (χ2n) is 7.80. The van der Waals surface area contributed by atoms with Crippen LogP contribution in [0.4, 0.5) is 5.69 Å². The van der Waals surface area contributed by atoms with E-state index in [4.69, 9.17) is 28.9 Å². The van der Waals surface area contributed by atoms with Gasteiger partial charge in [0.15, 0.2) is 0 Å². The second kappa shape index (κ2) is 12.4. The number of esters is 1. The molecule has 2 aromatic rings. The van der Waals surface area contributed by atoms with Gasteiger partial charge in [-0.2, -0.15) is 0 Å². The first kappa shape index (κ1) is 27.0. The van der Waals surface area contributed by atoms with E-state index >= 15 is 0 Å². The first-order valence-corrected chi connectivity index (χ1v) is 13.1. The van der Waals surface area contributed by atoms with Gasteiger partial charge in [-0.1, -0.05) is 0 Å². The summed E-state index contributed by atoms with van der Waals surface area (Å²) in [6.07, 6.45) is 0.757. The van der Waals surface area contributed by atoms with Gasteiger partial charge >= 0.3 is 163 Å². The Kier molecular flexibility index (Phi) is 9.28. The summed E-state index contributed by atoms with van der Waals surface area (Å²) in [5, 5.41) is 19.7. The fourth-order valence-electron chi connectivity index (χ4n) is 4.07. The first-order chi connectivity index (χ1) is 17.4. The molecule has 1 fully saturated rings. The van der Waals surface area contributed by atoms with Gasteiger partial charge in [-0.15, -0.1) is 0 Å². The molecule has 3 rings (SSSR count). The van der Waals surface area contributed by atoms with E-state index in [2.05, 4.69) is 4.97 Å². The number of carbonyl (C=O) groups is 2. The van der Waals surface area contributed by atoms with E-state index in [1.54, 1.807) is 29.2 Å². The standard InChI is InChI=1S/C25H28N2O8Se/c1-31-19-8-7-15(10-18(19)28)23-17(13-35-22(29)6-5-9-36-14-26)25(30)27(23)16-11-20(32-2)24(34-4)21(12-16)33-3/h7-8,10-12,17,23,28H,5-6,9,13H2,1-4H3/t17-,23+/m1/s1. The fourth-order valence-corrected chi connectivity index (χ4v) is 4.86. The molecule has 0 aromatic heterocycles. The molecule has 0 saturated carbocycles. The van der Waals surface area contributed by atoms with Crippen LogP contribution in [-0.4, -0.2) is 67.0 Å². The Morgan fingerprint density at radius 3 is 2.28 bits per heavy atom. The minimum atomic E-state index is -0.663. The molecule has 36 heavy (non-hydrogen) atoms. The normalized spacial score (nSPS) is 16.5. The number of hydrogen-bond donors (Lipinski definition) is 1. The van der Waals surface area contributed by atoms with Crippen molar-refractivity contribution >= 4 is 32.5 Å². The van der Waals surface area contributed by atoms with Crippen molar-refractivity contribution in [2.45, 2.75) is 24.2 Å². The number of ether oxygens (including phenoxy) is 5. The van der Waals surface area contributed by atoms with Crippen LogP contribution in [0, 0.1) is 16.1 Å². The van der Waals surface area contributed by atoms with Gasteiger partial charge in [-0.3, -0.25) is 0 Å². The fraction of sp³-hybridized carbons (Fsp3) is 0.400. The SMILES string of the molecule is COc1ccc([C@H]2[C@@H](COC(=O)CCC[Se]C#N)C(=O)N2c2cc(OC)c(OC)c(OC)c2)cc1O. The van der Waals surface area contributed by atoms with Crippen LogP contribution in [0.25, 0.3) is 0 Å². The summed E-state index contributed by atoms with van der Waals surface area (Å²) in [7, 11) is 5.91. The number of amides is 1. The van der Waals surface area contributed by atoms with Gasteiger partial charge < -0.3 is 18.9 Å². The molecule has 1 aliphatic rings. The number of nitrogens with zero attached hydrogens (tertiary/aromatic N) is 2. The van der Waals surface area contributed by atoms with Crippen LogP contribution in [0.2, 0.25) is 5.32 Å². The monoisotopic (exact) mass is 564 g/mol. The zero-order valence-electron chi connectivity index (χ0n) is 20.5. The van der Waals surface area contributed by atoms with Crippen LogP contribution in [0.3, 0.4) is 0 Å². The molecule has 10 nitrogen and oxygen atoms in total. The van der Waals surface area contributed by atoms with Crippen LogP contribution >= 0.6 is 0 Å². The average Bonchev–Trinajstić information content (AvgIpc) is 2.88. The Hall–Kier alpha value is -3.61. The maximum atomic E-state index is 13.3. The Morgan fingerprint density at radius 1 is 1.06 bits per heavy atom. The van der Waals surface area contributed by atoms with Crippen molar-refractivity contribution in [1.29, 1.82) is 5.26 Å². The van der Waals surface area contributed by atoms with Crippen LogP contribution in [0.1, 0.15) is 24.4 Å². The van der Waals surface area contributed by atoms with Crippen LogP contribution in [0.15, 0.2) is 30.3 Å². The molecule has 0 radical (unpaired) electrons. The van der Waals surface area contributed by atoms with Gasteiger partial charge in [0.05, 0.1) is 28.4 Å². The van der Waals surface area contributed by atoms with Crippen molar-refractivity contribution < 1.29 is 38.4 Å². The van der Waals surface area contributed by atoms with Gasteiger partial charge in [-0.25, -0.2) is 0 Å². The summed E-state index contributed by atoms with van der Waals surface area (Å²) in [4.78, 5) is 29.2. The van der Waals surface area contributed by atoms with E-state index < -0.39 is 17.9 Å². The van der Waals surface area contributed by atoms with Crippen molar-refractivity contribution in [1.82, 2.24) is 0 Å². The molecule has 0 unspecified atom stereocenters. The quantitative estimate of drug-likeness (QED) is 0.179. The third-order valence-corrected chi connectivity index (χ3v) is 7.11. The van der Waals surface area contributed by atoms with Crippen LogP contribution in [0.5, 0.6) is 28.7 Å². The van der Waals surface area contributed by atoms with Gasteiger partial charge in [0.1, 0.15) is 0 Å². The number of benzene rings is 2. The van der Waals surface area contributed by atoms with Gasteiger partial charge in [-0.05, 0) is 0 Å². The topological polar surface area (TPSA) is 128 Å². The molecular weight excluding hydrogens is 535 g/mol. The summed E-state index contributed by atoms with van der Waals surface area (Å²) >= 11 is -0.146. The number of methoxy groups -OCH3 is 4. The third-order valence-electron chi connectivity index (χ3n) is 5.80. The summed E-state index contributed by atoms with van der Waals surface area (Å²) in [6.45, 7) is -0.112. The Balaban J connectivity index is 1.91. The van der Waals surface area contributed by atoms with Crippen LogP contribution < -0.4 is 23.8 Å². The van der Waals surface area contributed by atoms with E-state index in [0.29, 0.717) is 46.0 Å². The molecule has 1 amide bonds. The maximum absolute atomic E-state index is 13.3. The predicted octanol–water partition coefficient (Wildman–Crippen LogP) is 3.06. The van der Waals surface area contributed by atoms with Gasteiger partial charge in [0.2, 0.25) is 5.75 Å².